The fraction of sp³-hybridized carbons (Fsp3) is 0.379. The summed E-state index contributed by atoms with van der Waals surface area (Å²) in [6.07, 6.45) is 6.73. The van der Waals surface area contributed by atoms with Gasteiger partial charge in [0, 0.05) is 49.8 Å². The van der Waals surface area contributed by atoms with Gasteiger partial charge in [0.05, 0.1) is 37.7 Å². The number of aromatic nitrogens is 1. The monoisotopic (exact) mass is 542 g/mol. The first-order chi connectivity index (χ1) is 19.6. The Morgan fingerprint density at radius 2 is 1.93 bits per heavy atom. The molecule has 0 aliphatic carbocycles. The van der Waals surface area contributed by atoms with Crippen molar-refractivity contribution >= 4 is 34.9 Å². The van der Waals surface area contributed by atoms with E-state index in [2.05, 4.69) is 44.2 Å². The van der Waals surface area contributed by atoms with Gasteiger partial charge in [-0.3, -0.25) is 15.1 Å². The number of carbonyl (C=O) groups is 2. The standard InChI is InChI=1S/C29H34N8O3/c1-20-23(4-2-5-24(20)34-29(39)37-10-3-8-30-19-37)22-16-25(27-31-9-11-36(27)18-22)33-26-7-6-21(17-32-26)28(38)35-12-14-40-15-13-35/h2,4-7,16-18,30H,3,8-15,19H2,1H3,(H,32,33)(H,34,39). The SMILES string of the molecule is Cc1c(NC(=O)N2CCCNC2)cccc1C1=CN2CCN=C2C(Nc2ccc(C(=O)N3CCOCC3)cn2)=C1. The summed E-state index contributed by atoms with van der Waals surface area (Å²) in [5.41, 5.74) is 5.21. The van der Waals surface area contributed by atoms with Crippen LogP contribution in [0.2, 0.25) is 0 Å². The van der Waals surface area contributed by atoms with Gasteiger partial charge in [-0.15, -0.1) is 0 Å². The zero-order valence-electron chi connectivity index (χ0n) is 22.7. The van der Waals surface area contributed by atoms with Crippen molar-refractivity contribution in [3.8, 4) is 0 Å². The average molecular weight is 543 g/mol. The Hall–Kier alpha value is -4.22. The molecule has 11 nitrogen and oxygen atoms in total. The third-order valence-electron chi connectivity index (χ3n) is 7.54. The molecule has 2 aromatic rings. The van der Waals surface area contributed by atoms with Gasteiger partial charge < -0.3 is 30.1 Å². The summed E-state index contributed by atoms with van der Waals surface area (Å²) in [6.45, 7) is 8.07. The quantitative estimate of drug-likeness (QED) is 0.532. The molecule has 6 rings (SSSR count). The van der Waals surface area contributed by atoms with Crippen LogP contribution in [-0.4, -0.2) is 96.6 Å². The summed E-state index contributed by atoms with van der Waals surface area (Å²) in [5.74, 6) is 1.46. The summed E-state index contributed by atoms with van der Waals surface area (Å²) in [4.78, 5) is 40.6. The van der Waals surface area contributed by atoms with Gasteiger partial charge in [0.15, 0.2) is 5.84 Å². The average Bonchev–Trinajstić information content (AvgIpc) is 3.48. The van der Waals surface area contributed by atoms with Crippen LogP contribution in [-0.2, 0) is 4.74 Å². The number of nitrogens with zero attached hydrogens (tertiary/aromatic N) is 5. The van der Waals surface area contributed by atoms with Crippen LogP contribution in [0.1, 0.15) is 27.9 Å². The maximum absolute atomic E-state index is 12.8. The highest BCUT2D eigenvalue weighted by Crippen LogP contribution is 2.32. The molecule has 0 unspecified atom stereocenters. The molecule has 1 aromatic carbocycles. The van der Waals surface area contributed by atoms with Gasteiger partial charge in [0.25, 0.3) is 5.91 Å². The van der Waals surface area contributed by atoms with Gasteiger partial charge in [0.2, 0.25) is 0 Å². The number of hydrogen-bond acceptors (Lipinski definition) is 8. The lowest BCUT2D eigenvalue weighted by Crippen LogP contribution is -2.46. The Bertz CT molecular complexity index is 1370. The summed E-state index contributed by atoms with van der Waals surface area (Å²) >= 11 is 0. The van der Waals surface area contributed by atoms with Crippen molar-refractivity contribution in [2.75, 3.05) is 69.8 Å². The van der Waals surface area contributed by atoms with Gasteiger partial charge in [0.1, 0.15) is 5.82 Å². The lowest BCUT2D eigenvalue weighted by atomic mass is 9.97. The van der Waals surface area contributed by atoms with Crippen molar-refractivity contribution < 1.29 is 14.3 Å². The van der Waals surface area contributed by atoms with Crippen LogP contribution in [0.3, 0.4) is 0 Å². The molecule has 1 aromatic heterocycles. The van der Waals surface area contributed by atoms with Crippen LogP contribution in [0.4, 0.5) is 16.3 Å². The molecule has 0 atom stereocenters. The molecular weight excluding hydrogens is 508 g/mol. The number of ether oxygens (including phenoxy) is 1. The fourth-order valence-electron chi connectivity index (χ4n) is 5.31. The molecule has 4 aliphatic rings. The molecule has 3 amide bonds. The van der Waals surface area contributed by atoms with Crippen LogP contribution in [0, 0.1) is 6.92 Å². The molecular formula is C29H34N8O3. The van der Waals surface area contributed by atoms with Gasteiger partial charge in [-0.2, -0.15) is 0 Å². The first kappa shape index (κ1) is 26.0. The van der Waals surface area contributed by atoms with E-state index in [0.717, 1.165) is 60.0 Å². The molecule has 11 heteroatoms. The number of aliphatic imine (C=N–C) groups is 1. The number of pyridine rings is 1. The number of urea groups is 1. The number of rotatable bonds is 5. The molecule has 40 heavy (non-hydrogen) atoms. The molecule has 5 heterocycles. The van der Waals surface area contributed by atoms with Crippen molar-refractivity contribution in [1.82, 2.24) is 25.0 Å². The molecule has 0 spiro atoms. The Balaban J connectivity index is 1.21. The van der Waals surface area contributed by atoms with E-state index in [1.54, 1.807) is 22.1 Å². The van der Waals surface area contributed by atoms with Gasteiger partial charge in [-0.1, -0.05) is 12.1 Å². The molecule has 2 saturated heterocycles. The number of hydrogen-bond donors (Lipinski definition) is 3. The molecule has 208 valence electrons. The number of nitrogens with one attached hydrogen (secondary N) is 3. The Kier molecular flexibility index (Phi) is 7.47. The lowest BCUT2D eigenvalue weighted by molar-refractivity contribution is 0.0302. The predicted molar refractivity (Wildman–Crippen MR) is 154 cm³/mol. The zero-order chi connectivity index (χ0) is 27.5. The molecule has 2 fully saturated rings. The van der Waals surface area contributed by atoms with E-state index in [4.69, 9.17) is 9.73 Å². The maximum Gasteiger partial charge on any atom is 0.322 e. The molecule has 0 radical (unpaired) electrons. The van der Waals surface area contributed by atoms with E-state index in [-0.39, 0.29) is 11.9 Å². The normalized spacial score (nSPS) is 18.9. The second-order valence-electron chi connectivity index (χ2n) is 10.2. The van der Waals surface area contributed by atoms with Crippen LogP contribution < -0.4 is 16.0 Å². The highest BCUT2D eigenvalue weighted by atomic mass is 16.5. The Morgan fingerprint density at radius 3 is 2.70 bits per heavy atom. The molecule has 3 N–H and O–H groups in total. The van der Waals surface area contributed by atoms with E-state index in [9.17, 15) is 9.59 Å². The van der Waals surface area contributed by atoms with Crippen LogP contribution >= 0.6 is 0 Å². The number of benzene rings is 1. The third-order valence-corrected chi connectivity index (χ3v) is 7.54. The van der Waals surface area contributed by atoms with Crippen molar-refractivity contribution in [3.63, 3.8) is 0 Å². The van der Waals surface area contributed by atoms with E-state index in [0.29, 0.717) is 50.9 Å². The van der Waals surface area contributed by atoms with Crippen molar-refractivity contribution in [1.29, 1.82) is 0 Å². The number of fused-ring (bicyclic) bond motifs is 1. The summed E-state index contributed by atoms with van der Waals surface area (Å²) in [5, 5.41) is 9.75. The highest BCUT2D eigenvalue weighted by Gasteiger charge is 2.26. The number of carbonyl (C=O) groups excluding carboxylic acids is 2. The minimum atomic E-state index is -0.0986. The van der Waals surface area contributed by atoms with Crippen molar-refractivity contribution in [3.05, 3.63) is 71.2 Å². The van der Waals surface area contributed by atoms with E-state index < -0.39 is 0 Å². The smallest absolute Gasteiger partial charge is 0.322 e. The Morgan fingerprint density at radius 1 is 1.05 bits per heavy atom. The lowest BCUT2D eigenvalue weighted by Gasteiger charge is -2.28. The minimum Gasteiger partial charge on any atom is -0.378 e. The molecule has 4 aliphatic heterocycles. The topological polar surface area (TPSA) is 114 Å². The highest BCUT2D eigenvalue weighted by molar-refractivity contribution is 6.07. The number of allylic oxidation sites excluding steroid dienone is 2. The first-order valence-electron chi connectivity index (χ1n) is 13.8. The van der Waals surface area contributed by atoms with Gasteiger partial charge >= 0.3 is 6.03 Å². The first-order valence-corrected chi connectivity index (χ1v) is 13.8. The second-order valence-corrected chi connectivity index (χ2v) is 10.2. The largest absolute Gasteiger partial charge is 0.378 e. The minimum absolute atomic E-state index is 0.0326. The number of amidine groups is 1. The van der Waals surface area contributed by atoms with Crippen LogP contribution in [0.25, 0.3) is 5.57 Å². The number of amides is 3. The van der Waals surface area contributed by atoms with Crippen molar-refractivity contribution in [2.45, 2.75) is 13.3 Å². The van der Waals surface area contributed by atoms with Crippen molar-refractivity contribution in [2.24, 2.45) is 4.99 Å². The molecule has 0 bridgehead atoms. The fourth-order valence-corrected chi connectivity index (χ4v) is 5.31. The molecule has 0 saturated carbocycles. The summed E-state index contributed by atoms with van der Waals surface area (Å²) < 4.78 is 5.35. The Labute approximate surface area is 233 Å². The number of morpholine rings is 1. The predicted octanol–water partition coefficient (Wildman–Crippen LogP) is 2.71. The maximum atomic E-state index is 12.8. The second kappa shape index (κ2) is 11.5. The summed E-state index contributed by atoms with van der Waals surface area (Å²) in [7, 11) is 0. The van der Waals surface area contributed by atoms with Crippen LogP contribution in [0.15, 0.2) is 59.5 Å². The summed E-state index contributed by atoms with van der Waals surface area (Å²) in [6, 6.07) is 9.49. The van der Waals surface area contributed by atoms with E-state index in [1.165, 1.54) is 0 Å². The van der Waals surface area contributed by atoms with Crippen LogP contribution in [0.5, 0.6) is 0 Å². The van der Waals surface area contributed by atoms with E-state index >= 15 is 0 Å². The third kappa shape index (κ3) is 5.43. The number of anilines is 2. The van der Waals surface area contributed by atoms with E-state index in [1.807, 2.05) is 25.1 Å². The van der Waals surface area contributed by atoms with Gasteiger partial charge in [-0.05, 0) is 55.3 Å². The zero-order valence-corrected chi connectivity index (χ0v) is 22.7. The van der Waals surface area contributed by atoms with Gasteiger partial charge in [-0.25, -0.2) is 9.78 Å².